The number of para-hydroxylation sites is 1. The average Bonchev–Trinajstić information content (AvgIpc) is 2.80. The maximum Gasteiger partial charge on any atom is 0.162 e. The molecule has 1 heterocycles. The number of hydrogen-bond donors (Lipinski definition) is 2. The molecule has 3 aromatic carbocycles. The van der Waals surface area contributed by atoms with Crippen LogP contribution in [0.3, 0.4) is 0 Å². The van der Waals surface area contributed by atoms with E-state index in [2.05, 4.69) is 5.32 Å². The molecule has 2 N–H and O–H groups in total. The summed E-state index contributed by atoms with van der Waals surface area (Å²) in [7, 11) is 1.62. The zero-order valence-corrected chi connectivity index (χ0v) is 17.5. The molecule has 0 aliphatic carbocycles. The van der Waals surface area contributed by atoms with E-state index in [0.29, 0.717) is 29.9 Å². The Morgan fingerprint density at radius 1 is 1.03 bits per heavy atom. The maximum absolute atomic E-state index is 14.6. The third kappa shape index (κ3) is 4.39. The number of rotatable bonds is 6. The van der Waals surface area contributed by atoms with Gasteiger partial charge in [-0.05, 0) is 48.9 Å². The summed E-state index contributed by atoms with van der Waals surface area (Å²) in [6.07, 6.45) is -0.0624. The van der Waals surface area contributed by atoms with Gasteiger partial charge in [0.15, 0.2) is 11.5 Å². The summed E-state index contributed by atoms with van der Waals surface area (Å²) in [4.78, 5) is 4.81. The second kappa shape index (κ2) is 9.18. The van der Waals surface area contributed by atoms with Crippen molar-refractivity contribution in [3.05, 3.63) is 89.2 Å². The molecule has 5 nitrogen and oxygen atoms in total. The maximum atomic E-state index is 14.6. The highest BCUT2D eigenvalue weighted by molar-refractivity contribution is 6.01. The first-order chi connectivity index (χ1) is 15.1. The molecule has 0 spiro atoms. The summed E-state index contributed by atoms with van der Waals surface area (Å²) in [5, 5.41) is 14.2. The first-order valence-corrected chi connectivity index (χ1v) is 10.3. The van der Waals surface area contributed by atoms with E-state index in [9.17, 15) is 9.50 Å². The van der Waals surface area contributed by atoms with Crippen molar-refractivity contribution < 1.29 is 19.0 Å². The third-order valence-corrected chi connectivity index (χ3v) is 5.37. The molecular formula is C25H25FN2O3. The van der Waals surface area contributed by atoms with Gasteiger partial charge in [0.25, 0.3) is 0 Å². The summed E-state index contributed by atoms with van der Waals surface area (Å²) in [6.45, 7) is 2.32. The number of hydrogen-bond acceptors (Lipinski definition) is 5. The average molecular weight is 420 g/mol. The quantitative estimate of drug-likeness (QED) is 0.578. The normalized spacial score (nSPS) is 18.4. The first-order valence-electron chi connectivity index (χ1n) is 10.3. The summed E-state index contributed by atoms with van der Waals surface area (Å²) in [6, 6.07) is 19.4. The highest BCUT2D eigenvalue weighted by atomic mass is 19.1. The lowest BCUT2D eigenvalue weighted by atomic mass is 9.93. The standard InChI is InChI=1S/C25H25FN2O3/c1-3-31-23-10-6-8-19(24(23)29)22-15-21(16-11-13-17(30-2)14-12-16)27-25(28-22)18-7-4-5-9-20(18)26/h4-14,22,25,28-29H,3,15H2,1-2H3/t22-,25-/m1/s1. The van der Waals surface area contributed by atoms with E-state index in [-0.39, 0.29) is 17.6 Å². The van der Waals surface area contributed by atoms with Crippen molar-refractivity contribution in [3.8, 4) is 17.2 Å². The summed E-state index contributed by atoms with van der Waals surface area (Å²) in [5.41, 5.74) is 2.89. The number of halogens is 1. The zero-order chi connectivity index (χ0) is 21.8. The molecule has 0 radical (unpaired) electrons. The second-order valence-electron chi connectivity index (χ2n) is 7.28. The van der Waals surface area contributed by atoms with Gasteiger partial charge in [-0.1, -0.05) is 30.3 Å². The van der Waals surface area contributed by atoms with Crippen LogP contribution in [0.15, 0.2) is 71.7 Å². The summed E-state index contributed by atoms with van der Waals surface area (Å²) >= 11 is 0. The Balaban J connectivity index is 1.76. The van der Waals surface area contributed by atoms with Gasteiger partial charge in [-0.3, -0.25) is 10.3 Å². The minimum atomic E-state index is -0.591. The van der Waals surface area contributed by atoms with E-state index in [1.54, 1.807) is 31.4 Å². The van der Waals surface area contributed by atoms with Crippen LogP contribution in [0, 0.1) is 5.82 Å². The molecule has 1 aliphatic rings. The third-order valence-electron chi connectivity index (χ3n) is 5.37. The van der Waals surface area contributed by atoms with Gasteiger partial charge in [-0.2, -0.15) is 0 Å². The SMILES string of the molecule is CCOc1cccc([C@H]2CC(c3ccc(OC)cc3)=N[C@@H](c3ccccc3F)N2)c1O. The molecule has 0 saturated carbocycles. The number of nitrogens with one attached hydrogen (secondary N) is 1. The van der Waals surface area contributed by atoms with Gasteiger partial charge in [0, 0.05) is 29.3 Å². The van der Waals surface area contributed by atoms with Crippen molar-refractivity contribution in [2.45, 2.75) is 25.6 Å². The topological polar surface area (TPSA) is 63.1 Å². The predicted octanol–water partition coefficient (Wildman–Crippen LogP) is 5.16. The number of aliphatic imine (C=N–C) groups is 1. The van der Waals surface area contributed by atoms with Crippen molar-refractivity contribution in [1.82, 2.24) is 5.32 Å². The van der Waals surface area contributed by atoms with Gasteiger partial charge in [0.2, 0.25) is 0 Å². The first kappa shape index (κ1) is 20.9. The van der Waals surface area contributed by atoms with Crippen LogP contribution >= 0.6 is 0 Å². The van der Waals surface area contributed by atoms with Crippen molar-refractivity contribution in [3.63, 3.8) is 0 Å². The summed E-state index contributed by atoms with van der Waals surface area (Å²) < 4.78 is 25.4. The summed E-state index contributed by atoms with van der Waals surface area (Å²) in [5.74, 6) is 0.941. The lowest BCUT2D eigenvalue weighted by Crippen LogP contribution is -2.33. The molecule has 0 saturated heterocycles. The van der Waals surface area contributed by atoms with E-state index in [1.807, 2.05) is 43.3 Å². The van der Waals surface area contributed by atoms with Gasteiger partial charge < -0.3 is 14.6 Å². The lowest BCUT2D eigenvalue weighted by molar-refractivity contribution is 0.313. The molecule has 31 heavy (non-hydrogen) atoms. The van der Waals surface area contributed by atoms with Crippen molar-refractivity contribution in [2.75, 3.05) is 13.7 Å². The monoisotopic (exact) mass is 420 g/mol. The number of benzene rings is 3. The molecule has 6 heteroatoms. The molecule has 0 unspecified atom stereocenters. The number of phenolic OH excluding ortho intramolecular Hbond substituents is 1. The van der Waals surface area contributed by atoms with Crippen LogP contribution in [0.25, 0.3) is 0 Å². The number of aromatic hydroxyl groups is 1. The number of methoxy groups -OCH3 is 1. The van der Waals surface area contributed by atoms with Gasteiger partial charge in [-0.25, -0.2) is 4.39 Å². The van der Waals surface area contributed by atoms with Crippen LogP contribution in [0.4, 0.5) is 4.39 Å². The smallest absolute Gasteiger partial charge is 0.162 e. The Kier molecular flexibility index (Phi) is 6.18. The van der Waals surface area contributed by atoms with Gasteiger partial charge in [0.05, 0.1) is 13.7 Å². The fraction of sp³-hybridized carbons (Fsp3) is 0.240. The Labute approximate surface area is 181 Å². The molecule has 0 amide bonds. The van der Waals surface area contributed by atoms with E-state index in [4.69, 9.17) is 14.5 Å². The van der Waals surface area contributed by atoms with E-state index in [0.717, 1.165) is 17.0 Å². The van der Waals surface area contributed by atoms with Gasteiger partial charge in [0.1, 0.15) is 17.7 Å². The molecule has 160 valence electrons. The molecule has 0 fully saturated rings. The van der Waals surface area contributed by atoms with Crippen LogP contribution < -0.4 is 14.8 Å². The second-order valence-corrected chi connectivity index (χ2v) is 7.28. The van der Waals surface area contributed by atoms with Crippen LogP contribution in [0.1, 0.15) is 42.2 Å². The van der Waals surface area contributed by atoms with Crippen molar-refractivity contribution in [2.24, 2.45) is 4.99 Å². The van der Waals surface area contributed by atoms with E-state index >= 15 is 0 Å². The molecule has 0 bridgehead atoms. The van der Waals surface area contributed by atoms with Gasteiger partial charge in [-0.15, -0.1) is 0 Å². The largest absolute Gasteiger partial charge is 0.504 e. The molecule has 2 atom stereocenters. The number of ether oxygens (including phenoxy) is 2. The molecule has 3 aromatic rings. The Morgan fingerprint density at radius 2 is 1.77 bits per heavy atom. The minimum Gasteiger partial charge on any atom is -0.504 e. The Bertz CT molecular complexity index is 1080. The Hall–Kier alpha value is -3.38. The molecule has 4 rings (SSSR count). The van der Waals surface area contributed by atoms with Gasteiger partial charge >= 0.3 is 0 Å². The van der Waals surface area contributed by atoms with Crippen molar-refractivity contribution >= 4 is 5.71 Å². The number of nitrogens with zero attached hydrogens (tertiary/aromatic N) is 1. The van der Waals surface area contributed by atoms with E-state index in [1.165, 1.54) is 6.07 Å². The molecular weight excluding hydrogens is 395 g/mol. The zero-order valence-electron chi connectivity index (χ0n) is 17.5. The Morgan fingerprint density at radius 3 is 2.48 bits per heavy atom. The van der Waals surface area contributed by atoms with E-state index < -0.39 is 6.17 Å². The fourth-order valence-electron chi connectivity index (χ4n) is 3.81. The molecule has 1 aliphatic heterocycles. The number of phenols is 1. The van der Waals surface area contributed by atoms with Crippen LogP contribution in [0.2, 0.25) is 0 Å². The predicted molar refractivity (Wildman–Crippen MR) is 118 cm³/mol. The highest BCUT2D eigenvalue weighted by Gasteiger charge is 2.29. The fourth-order valence-corrected chi connectivity index (χ4v) is 3.81. The minimum absolute atomic E-state index is 0.0881. The molecule has 0 aromatic heterocycles. The lowest BCUT2D eigenvalue weighted by Gasteiger charge is -2.31. The van der Waals surface area contributed by atoms with Crippen LogP contribution in [-0.2, 0) is 0 Å². The van der Waals surface area contributed by atoms with Crippen molar-refractivity contribution in [1.29, 1.82) is 0 Å². The van der Waals surface area contributed by atoms with Crippen LogP contribution in [0.5, 0.6) is 17.2 Å². The highest BCUT2D eigenvalue weighted by Crippen LogP contribution is 2.39. The van der Waals surface area contributed by atoms with Crippen LogP contribution in [-0.4, -0.2) is 24.5 Å².